The number of carbonyl (C=O) groups is 1. The quantitative estimate of drug-likeness (QED) is 0.745. The molecule has 2 heterocycles. The number of piperidine rings is 1. The molecule has 0 saturated carbocycles. The third kappa shape index (κ3) is 3.35. The molecular weight excluding hydrogens is 206 g/mol. The van der Waals surface area contributed by atoms with E-state index < -0.39 is 0 Å². The second kappa shape index (κ2) is 6.06. The zero-order chi connectivity index (χ0) is 11.2. The molecule has 0 atom stereocenters. The Hall–Kier alpha value is -0.810. The Morgan fingerprint density at radius 2 is 1.75 bits per heavy atom. The summed E-state index contributed by atoms with van der Waals surface area (Å²) < 4.78 is 5.31. The summed E-state index contributed by atoms with van der Waals surface area (Å²) in [6.07, 6.45) is 3.32. The number of amides is 1. The molecule has 16 heavy (non-hydrogen) atoms. The fourth-order valence-corrected chi connectivity index (χ4v) is 2.15. The lowest BCUT2D eigenvalue weighted by Crippen LogP contribution is -2.46. The minimum absolute atomic E-state index is 0.141. The lowest BCUT2D eigenvalue weighted by Gasteiger charge is -2.29. The number of piperazine rings is 1. The van der Waals surface area contributed by atoms with Crippen molar-refractivity contribution in [2.75, 3.05) is 46.0 Å². The Kier molecular flexibility index (Phi) is 4.42. The highest BCUT2D eigenvalue weighted by Gasteiger charge is 2.19. The molecule has 1 N–H and O–H groups in total. The van der Waals surface area contributed by atoms with Gasteiger partial charge in [0.05, 0.1) is 0 Å². The highest BCUT2D eigenvalue weighted by molar-refractivity contribution is 5.67. The number of hydrogen-bond acceptors (Lipinski definition) is 4. The zero-order valence-electron chi connectivity index (χ0n) is 9.78. The van der Waals surface area contributed by atoms with Crippen LogP contribution >= 0.6 is 0 Å². The lowest BCUT2D eigenvalue weighted by atomic mass is 10.1. The molecule has 0 unspecified atom stereocenters. The van der Waals surface area contributed by atoms with Gasteiger partial charge in [0.1, 0.15) is 6.73 Å². The van der Waals surface area contributed by atoms with Gasteiger partial charge in [-0.15, -0.1) is 0 Å². The first-order chi connectivity index (χ1) is 7.86. The van der Waals surface area contributed by atoms with Crippen LogP contribution < -0.4 is 5.32 Å². The van der Waals surface area contributed by atoms with Crippen molar-refractivity contribution in [2.45, 2.75) is 19.3 Å². The van der Waals surface area contributed by atoms with Crippen molar-refractivity contribution < 1.29 is 9.53 Å². The molecule has 5 heteroatoms. The molecule has 0 bridgehead atoms. The molecule has 0 aromatic carbocycles. The van der Waals surface area contributed by atoms with Crippen LogP contribution in [0.25, 0.3) is 0 Å². The summed E-state index contributed by atoms with van der Waals surface area (Å²) in [5.41, 5.74) is 0. The largest absolute Gasteiger partial charge is 0.433 e. The van der Waals surface area contributed by atoms with Gasteiger partial charge in [-0.1, -0.05) is 0 Å². The molecule has 2 rings (SSSR count). The Labute approximate surface area is 96.7 Å². The molecule has 2 aliphatic rings. The van der Waals surface area contributed by atoms with Crippen LogP contribution in [0.4, 0.5) is 4.79 Å². The Balaban J connectivity index is 1.65. The van der Waals surface area contributed by atoms with Crippen molar-refractivity contribution >= 4 is 6.09 Å². The normalized spacial score (nSPS) is 23.1. The van der Waals surface area contributed by atoms with E-state index in [4.69, 9.17) is 4.74 Å². The van der Waals surface area contributed by atoms with Gasteiger partial charge in [0.25, 0.3) is 0 Å². The van der Waals surface area contributed by atoms with E-state index in [0.717, 1.165) is 52.1 Å². The monoisotopic (exact) mass is 227 g/mol. The van der Waals surface area contributed by atoms with Crippen molar-refractivity contribution in [1.29, 1.82) is 0 Å². The maximum atomic E-state index is 11.7. The predicted octanol–water partition coefficient (Wildman–Crippen LogP) is 0.472. The van der Waals surface area contributed by atoms with E-state index in [9.17, 15) is 4.79 Å². The standard InChI is InChI=1S/C11H21N3O2/c15-11(14-6-2-1-3-7-14)16-10-13-8-4-12-5-9-13/h12H,1-10H2. The first-order valence-electron chi connectivity index (χ1n) is 6.21. The van der Waals surface area contributed by atoms with Crippen LogP contribution in [0.2, 0.25) is 0 Å². The first kappa shape index (κ1) is 11.7. The molecule has 0 aromatic heterocycles. The molecular formula is C11H21N3O2. The van der Waals surface area contributed by atoms with Gasteiger partial charge in [-0.05, 0) is 19.3 Å². The number of nitrogens with zero attached hydrogens (tertiary/aromatic N) is 2. The Morgan fingerprint density at radius 1 is 1.06 bits per heavy atom. The van der Waals surface area contributed by atoms with Gasteiger partial charge in [0.2, 0.25) is 0 Å². The molecule has 0 aliphatic carbocycles. The summed E-state index contributed by atoms with van der Waals surface area (Å²) >= 11 is 0. The molecule has 92 valence electrons. The van der Waals surface area contributed by atoms with Crippen LogP contribution in [-0.2, 0) is 4.74 Å². The topological polar surface area (TPSA) is 44.8 Å². The fourth-order valence-electron chi connectivity index (χ4n) is 2.15. The number of carbonyl (C=O) groups excluding carboxylic acids is 1. The second-order valence-electron chi connectivity index (χ2n) is 4.46. The number of ether oxygens (including phenoxy) is 1. The summed E-state index contributed by atoms with van der Waals surface area (Å²) in [6, 6.07) is 0. The average Bonchev–Trinajstić information content (AvgIpc) is 2.38. The summed E-state index contributed by atoms with van der Waals surface area (Å²) in [4.78, 5) is 15.7. The number of rotatable bonds is 2. The number of hydrogen-bond donors (Lipinski definition) is 1. The van der Waals surface area contributed by atoms with Gasteiger partial charge in [0, 0.05) is 39.3 Å². The second-order valence-corrected chi connectivity index (χ2v) is 4.46. The highest BCUT2D eigenvalue weighted by atomic mass is 16.6. The summed E-state index contributed by atoms with van der Waals surface area (Å²) in [5, 5.41) is 3.27. The highest BCUT2D eigenvalue weighted by Crippen LogP contribution is 2.09. The van der Waals surface area contributed by atoms with E-state index in [1.54, 1.807) is 0 Å². The minimum Gasteiger partial charge on any atom is -0.433 e. The first-order valence-corrected chi connectivity index (χ1v) is 6.21. The Morgan fingerprint density at radius 3 is 2.44 bits per heavy atom. The van der Waals surface area contributed by atoms with Crippen LogP contribution in [0.1, 0.15) is 19.3 Å². The van der Waals surface area contributed by atoms with Crippen molar-refractivity contribution in [3.8, 4) is 0 Å². The van der Waals surface area contributed by atoms with Crippen LogP contribution in [0, 0.1) is 0 Å². The van der Waals surface area contributed by atoms with Gasteiger partial charge in [-0.25, -0.2) is 4.79 Å². The van der Waals surface area contributed by atoms with E-state index in [0.29, 0.717) is 6.73 Å². The molecule has 0 aromatic rings. The smallest absolute Gasteiger partial charge is 0.411 e. The Bertz CT molecular complexity index is 223. The van der Waals surface area contributed by atoms with Gasteiger partial charge in [-0.2, -0.15) is 0 Å². The van der Waals surface area contributed by atoms with Crippen LogP contribution in [0.15, 0.2) is 0 Å². The van der Waals surface area contributed by atoms with Crippen molar-refractivity contribution in [3.63, 3.8) is 0 Å². The molecule has 2 saturated heterocycles. The van der Waals surface area contributed by atoms with Crippen LogP contribution in [0.3, 0.4) is 0 Å². The van der Waals surface area contributed by atoms with E-state index >= 15 is 0 Å². The number of nitrogens with one attached hydrogen (secondary N) is 1. The van der Waals surface area contributed by atoms with Crippen molar-refractivity contribution in [1.82, 2.24) is 15.1 Å². The van der Waals surface area contributed by atoms with Gasteiger partial charge >= 0.3 is 6.09 Å². The average molecular weight is 227 g/mol. The lowest BCUT2D eigenvalue weighted by molar-refractivity contribution is 0.0357. The SMILES string of the molecule is O=C(OCN1CCNCC1)N1CCCCC1. The molecule has 2 fully saturated rings. The molecule has 1 amide bonds. The van der Waals surface area contributed by atoms with Gasteiger partial charge < -0.3 is 15.0 Å². The predicted molar refractivity (Wildman–Crippen MR) is 61.2 cm³/mol. The van der Waals surface area contributed by atoms with Gasteiger partial charge in [0.15, 0.2) is 0 Å². The molecule has 0 radical (unpaired) electrons. The maximum absolute atomic E-state index is 11.7. The molecule has 2 aliphatic heterocycles. The maximum Gasteiger partial charge on any atom is 0.411 e. The molecule has 5 nitrogen and oxygen atoms in total. The third-order valence-corrected chi connectivity index (χ3v) is 3.19. The fraction of sp³-hybridized carbons (Fsp3) is 0.909. The van der Waals surface area contributed by atoms with E-state index in [2.05, 4.69) is 10.2 Å². The van der Waals surface area contributed by atoms with Gasteiger partial charge in [-0.3, -0.25) is 4.90 Å². The zero-order valence-corrected chi connectivity index (χ0v) is 9.78. The van der Waals surface area contributed by atoms with Crippen molar-refractivity contribution in [3.05, 3.63) is 0 Å². The van der Waals surface area contributed by atoms with Crippen LogP contribution in [-0.4, -0.2) is 61.9 Å². The minimum atomic E-state index is -0.141. The van der Waals surface area contributed by atoms with E-state index in [-0.39, 0.29) is 6.09 Å². The summed E-state index contributed by atoms with van der Waals surface area (Å²) in [6.45, 7) is 6.07. The molecule has 0 spiro atoms. The summed E-state index contributed by atoms with van der Waals surface area (Å²) in [7, 11) is 0. The summed E-state index contributed by atoms with van der Waals surface area (Å²) in [5.74, 6) is 0. The van der Waals surface area contributed by atoms with E-state index in [1.807, 2.05) is 4.90 Å². The van der Waals surface area contributed by atoms with E-state index in [1.165, 1.54) is 6.42 Å². The number of likely N-dealkylation sites (tertiary alicyclic amines) is 1. The van der Waals surface area contributed by atoms with Crippen molar-refractivity contribution in [2.24, 2.45) is 0 Å². The third-order valence-electron chi connectivity index (χ3n) is 3.19. The van der Waals surface area contributed by atoms with Crippen LogP contribution in [0.5, 0.6) is 0 Å².